The fourth-order valence-corrected chi connectivity index (χ4v) is 3.01. The molecule has 0 unspecified atom stereocenters. The van der Waals surface area contributed by atoms with E-state index in [1.165, 1.54) is 0 Å². The number of hydrogen-bond acceptors (Lipinski definition) is 4. The van der Waals surface area contributed by atoms with Crippen LogP contribution in [-0.2, 0) is 17.9 Å². The number of fused-ring (bicyclic) bond motifs is 1. The van der Waals surface area contributed by atoms with Crippen LogP contribution in [0.25, 0.3) is 10.9 Å². The number of alkyl halides is 1. The maximum Gasteiger partial charge on any atom is 0.226 e. The maximum absolute atomic E-state index is 12.9. The number of aromatic nitrogens is 2. The van der Waals surface area contributed by atoms with Gasteiger partial charge in [-0.25, -0.2) is 4.39 Å². The first-order valence-electron chi connectivity index (χ1n) is 8.27. The van der Waals surface area contributed by atoms with Crippen LogP contribution in [0.1, 0.15) is 23.6 Å². The molecule has 2 N–H and O–H groups in total. The lowest BCUT2D eigenvalue weighted by Gasteiger charge is -2.06. The lowest BCUT2D eigenvalue weighted by atomic mass is 10.2. The molecule has 2 atom stereocenters. The monoisotopic (exact) mass is 377 g/mol. The Morgan fingerprint density at radius 1 is 1.46 bits per heavy atom. The Balaban J connectivity index is 1.44. The summed E-state index contributed by atoms with van der Waals surface area (Å²) < 4.78 is 23.7. The van der Waals surface area contributed by atoms with Gasteiger partial charge in [0.2, 0.25) is 5.91 Å². The first-order valence-corrected chi connectivity index (χ1v) is 8.65. The van der Waals surface area contributed by atoms with Gasteiger partial charge in [0, 0.05) is 28.7 Å². The third-order valence-electron chi connectivity index (χ3n) is 4.28. The molecular weight excluding hydrogens is 361 g/mol. The van der Waals surface area contributed by atoms with Crippen molar-refractivity contribution in [2.24, 2.45) is 5.92 Å². The summed E-state index contributed by atoms with van der Waals surface area (Å²) in [5, 5.41) is 7.92. The highest BCUT2D eigenvalue weighted by Gasteiger charge is 2.43. The number of aryl methyl sites for hydroxylation is 1. The van der Waals surface area contributed by atoms with Gasteiger partial charge >= 0.3 is 0 Å². The van der Waals surface area contributed by atoms with E-state index in [-0.39, 0.29) is 12.5 Å². The van der Waals surface area contributed by atoms with E-state index in [1.54, 1.807) is 18.2 Å². The molecule has 2 aromatic heterocycles. The van der Waals surface area contributed by atoms with Crippen LogP contribution in [0.4, 0.5) is 4.39 Å². The average Bonchev–Trinajstić information content (AvgIpc) is 3.01. The molecule has 0 aliphatic heterocycles. The molecule has 8 heteroatoms. The lowest BCUT2D eigenvalue weighted by molar-refractivity contribution is -0.122. The molecule has 1 fully saturated rings. The van der Waals surface area contributed by atoms with Gasteiger partial charge in [-0.15, -0.1) is 0 Å². The van der Waals surface area contributed by atoms with E-state index in [9.17, 15) is 9.18 Å². The molecule has 1 aromatic carbocycles. The highest BCUT2D eigenvalue weighted by Crippen LogP contribution is 2.34. The molecule has 0 radical (unpaired) electrons. The molecule has 4 rings (SSSR count). The predicted octanol–water partition coefficient (Wildman–Crippen LogP) is 3.67. The van der Waals surface area contributed by atoms with Gasteiger partial charge in [0.25, 0.3) is 0 Å². The fourth-order valence-electron chi connectivity index (χ4n) is 2.78. The Morgan fingerprint density at radius 2 is 2.27 bits per heavy atom. The topological polar surface area (TPSA) is 80.1 Å². The number of ether oxygens (including phenoxy) is 1. The van der Waals surface area contributed by atoms with Gasteiger partial charge in [-0.2, -0.15) is 0 Å². The van der Waals surface area contributed by atoms with Crippen molar-refractivity contribution in [3.8, 4) is 5.75 Å². The van der Waals surface area contributed by atoms with E-state index in [1.807, 2.05) is 13.0 Å². The van der Waals surface area contributed by atoms with Crippen molar-refractivity contribution >= 4 is 28.4 Å². The molecule has 1 amide bonds. The second-order valence-corrected chi connectivity index (χ2v) is 6.87. The number of nitrogens with zero attached hydrogens (tertiary/aromatic N) is 1. The van der Waals surface area contributed by atoms with Crippen LogP contribution in [0.2, 0.25) is 5.02 Å². The first kappa shape index (κ1) is 16.9. The highest BCUT2D eigenvalue weighted by atomic mass is 35.5. The van der Waals surface area contributed by atoms with Gasteiger partial charge < -0.3 is 19.6 Å². The minimum atomic E-state index is -0.996. The minimum Gasteiger partial charge on any atom is -0.484 e. The molecule has 1 aliphatic rings. The van der Waals surface area contributed by atoms with E-state index >= 15 is 0 Å². The number of benzene rings is 1. The molecule has 136 valence electrons. The van der Waals surface area contributed by atoms with Crippen molar-refractivity contribution in [3.05, 3.63) is 46.4 Å². The lowest BCUT2D eigenvalue weighted by Crippen LogP contribution is -2.25. The number of rotatable bonds is 6. The molecular formula is C18H17ClFN3O3. The van der Waals surface area contributed by atoms with E-state index < -0.39 is 12.1 Å². The summed E-state index contributed by atoms with van der Waals surface area (Å²) in [6, 6.07) is 7.28. The Kier molecular flexibility index (Phi) is 4.32. The first-order chi connectivity index (χ1) is 12.5. The highest BCUT2D eigenvalue weighted by molar-refractivity contribution is 6.32. The smallest absolute Gasteiger partial charge is 0.226 e. The zero-order valence-corrected chi connectivity index (χ0v) is 14.8. The number of nitrogens with one attached hydrogen (secondary N) is 2. The van der Waals surface area contributed by atoms with Crippen LogP contribution in [0.15, 0.2) is 28.8 Å². The molecule has 3 aromatic rings. The second kappa shape index (κ2) is 6.64. The Hall–Kier alpha value is -2.54. The van der Waals surface area contributed by atoms with Crippen LogP contribution in [0.3, 0.4) is 0 Å². The molecule has 0 spiro atoms. The summed E-state index contributed by atoms with van der Waals surface area (Å²) in [5.74, 6) is 0.387. The molecule has 0 saturated heterocycles. The van der Waals surface area contributed by atoms with Crippen molar-refractivity contribution in [2.75, 3.05) is 0 Å². The third kappa shape index (κ3) is 3.53. The van der Waals surface area contributed by atoms with Gasteiger partial charge in [0.1, 0.15) is 18.5 Å². The second-order valence-electron chi connectivity index (χ2n) is 6.46. The van der Waals surface area contributed by atoms with Crippen molar-refractivity contribution in [3.63, 3.8) is 0 Å². The number of carbonyl (C=O) groups excluding carboxylic acids is 1. The summed E-state index contributed by atoms with van der Waals surface area (Å²) in [6.45, 7) is 2.37. The number of halogens is 2. The Labute approximate surface area is 153 Å². The van der Waals surface area contributed by atoms with Crippen LogP contribution in [0.5, 0.6) is 5.75 Å². The Morgan fingerprint density at radius 3 is 2.96 bits per heavy atom. The Bertz CT molecular complexity index is 968. The quantitative estimate of drug-likeness (QED) is 0.686. The van der Waals surface area contributed by atoms with Gasteiger partial charge in [-0.1, -0.05) is 16.8 Å². The number of hydrogen-bond donors (Lipinski definition) is 2. The fraction of sp³-hybridized carbons (Fsp3) is 0.333. The molecule has 1 aliphatic carbocycles. The van der Waals surface area contributed by atoms with Crippen LogP contribution in [0, 0.1) is 12.8 Å². The zero-order chi connectivity index (χ0) is 18.3. The normalized spacial score (nSPS) is 18.9. The van der Waals surface area contributed by atoms with Crippen LogP contribution in [-0.4, -0.2) is 22.2 Å². The molecule has 6 nitrogen and oxygen atoms in total. The standard InChI is InChI=1S/C18H17ClFN3O3/c1-9-2-12(26-23-9)8-25-17-6-16-10(4-14(17)19)3-11(22-16)7-21-18(24)13-5-15(13)20/h2-4,6,13,15,22H,5,7-8H2,1H3,(H,21,24)/t13-,15+/m1/s1. The minimum absolute atomic E-state index is 0.224. The number of carbonyl (C=O) groups is 1. The van der Waals surface area contributed by atoms with Gasteiger partial charge in [-0.3, -0.25) is 4.79 Å². The van der Waals surface area contributed by atoms with Gasteiger partial charge in [-0.05, 0) is 25.5 Å². The van der Waals surface area contributed by atoms with E-state index in [4.69, 9.17) is 20.9 Å². The zero-order valence-electron chi connectivity index (χ0n) is 14.0. The summed E-state index contributed by atoms with van der Waals surface area (Å²) in [4.78, 5) is 14.9. The molecule has 1 saturated carbocycles. The average molecular weight is 378 g/mol. The van der Waals surface area contributed by atoms with Crippen molar-refractivity contribution in [1.29, 1.82) is 0 Å². The SMILES string of the molecule is Cc1cc(COc2cc3[nH]c(CNC(=O)[C@@H]4C[C@@H]4F)cc3cc2Cl)on1. The molecule has 0 bridgehead atoms. The molecule has 2 heterocycles. The van der Waals surface area contributed by atoms with Crippen molar-refractivity contribution in [2.45, 2.75) is 32.7 Å². The van der Waals surface area contributed by atoms with E-state index in [0.29, 0.717) is 29.5 Å². The maximum atomic E-state index is 12.9. The van der Waals surface area contributed by atoms with Crippen LogP contribution < -0.4 is 10.1 Å². The van der Waals surface area contributed by atoms with Crippen molar-refractivity contribution < 1.29 is 18.4 Å². The number of aromatic amines is 1. The molecule has 26 heavy (non-hydrogen) atoms. The summed E-state index contributed by atoms with van der Waals surface area (Å²) in [5.41, 5.74) is 2.42. The van der Waals surface area contributed by atoms with Crippen molar-refractivity contribution in [1.82, 2.24) is 15.5 Å². The predicted molar refractivity (Wildman–Crippen MR) is 93.7 cm³/mol. The van der Waals surface area contributed by atoms with E-state index in [0.717, 1.165) is 22.3 Å². The summed E-state index contributed by atoms with van der Waals surface area (Å²) in [6.07, 6.45) is -0.677. The number of H-pyrrole nitrogens is 1. The summed E-state index contributed by atoms with van der Waals surface area (Å²) in [7, 11) is 0. The van der Waals surface area contributed by atoms with Gasteiger partial charge in [0.15, 0.2) is 5.76 Å². The third-order valence-corrected chi connectivity index (χ3v) is 4.57. The number of amides is 1. The van der Waals surface area contributed by atoms with E-state index in [2.05, 4.69) is 15.5 Å². The van der Waals surface area contributed by atoms with Crippen LogP contribution >= 0.6 is 11.6 Å². The largest absolute Gasteiger partial charge is 0.484 e. The summed E-state index contributed by atoms with van der Waals surface area (Å²) >= 11 is 6.28. The van der Waals surface area contributed by atoms with Gasteiger partial charge in [0.05, 0.1) is 23.2 Å².